The van der Waals surface area contributed by atoms with Crippen LogP contribution in [-0.2, 0) is 20.8 Å². The summed E-state index contributed by atoms with van der Waals surface area (Å²) in [6, 6.07) is 14.4. The normalized spacial score (nSPS) is 12.9. The Kier molecular flexibility index (Phi) is 5.76. The van der Waals surface area contributed by atoms with Crippen LogP contribution in [0.15, 0.2) is 70.7 Å². The second-order valence-corrected chi connectivity index (χ2v) is 10.8. The van der Waals surface area contributed by atoms with Crippen molar-refractivity contribution in [1.29, 1.82) is 0 Å². The van der Waals surface area contributed by atoms with Crippen molar-refractivity contribution in [2.24, 2.45) is 0 Å². The van der Waals surface area contributed by atoms with Crippen LogP contribution in [0.25, 0.3) is 33.4 Å². The first-order chi connectivity index (χ1) is 15.2. The van der Waals surface area contributed by atoms with Crippen LogP contribution in [0, 0.1) is 0 Å². The maximum Gasteiger partial charge on any atom is 0.246 e. The Morgan fingerprint density at radius 2 is 1.69 bits per heavy atom. The molecular formula is C22H21N5O3S2. The molecule has 0 amide bonds. The van der Waals surface area contributed by atoms with Crippen LogP contribution < -0.4 is 5.73 Å². The molecule has 4 rings (SSSR count). The van der Waals surface area contributed by atoms with Crippen molar-refractivity contribution in [3.8, 4) is 22.4 Å². The smallest absolute Gasteiger partial charge is 0.246 e. The van der Waals surface area contributed by atoms with Gasteiger partial charge < -0.3 is 5.73 Å². The molecule has 4 aromatic rings. The summed E-state index contributed by atoms with van der Waals surface area (Å²) in [4.78, 5) is 13.9. The summed E-state index contributed by atoms with van der Waals surface area (Å²) in [5.74, 6) is -0.0704. The highest BCUT2D eigenvalue weighted by atomic mass is 32.2. The van der Waals surface area contributed by atoms with Crippen LogP contribution in [0.4, 0.5) is 5.82 Å². The molecule has 0 fully saturated rings. The molecule has 1 atom stereocenters. The largest absolute Gasteiger partial charge is 0.383 e. The van der Waals surface area contributed by atoms with Gasteiger partial charge in [0.1, 0.15) is 10.7 Å². The highest BCUT2D eigenvalue weighted by Crippen LogP contribution is 2.30. The minimum absolute atomic E-state index is 0.0704. The van der Waals surface area contributed by atoms with E-state index in [1.807, 2.05) is 36.4 Å². The zero-order valence-electron chi connectivity index (χ0n) is 17.7. The maximum absolute atomic E-state index is 12.6. The van der Waals surface area contributed by atoms with Crippen LogP contribution in [-0.4, -0.2) is 52.2 Å². The number of benzene rings is 1. The Bertz CT molecular complexity index is 1450. The van der Waals surface area contributed by atoms with Gasteiger partial charge in [0.25, 0.3) is 0 Å². The minimum Gasteiger partial charge on any atom is -0.383 e. The molecule has 0 spiro atoms. The predicted molar refractivity (Wildman–Crippen MR) is 126 cm³/mol. The summed E-state index contributed by atoms with van der Waals surface area (Å²) in [5.41, 5.74) is 10.0. The Morgan fingerprint density at radius 1 is 0.969 bits per heavy atom. The van der Waals surface area contributed by atoms with Gasteiger partial charge in [-0.2, -0.15) is 0 Å². The first kappa shape index (κ1) is 22.0. The number of hydrogen-bond donors (Lipinski definition) is 1. The van der Waals surface area contributed by atoms with Crippen LogP contribution in [0.2, 0.25) is 0 Å². The summed E-state index contributed by atoms with van der Waals surface area (Å²) in [6.07, 6.45) is 4.84. The van der Waals surface area contributed by atoms with E-state index in [0.717, 1.165) is 20.3 Å². The van der Waals surface area contributed by atoms with E-state index in [1.54, 1.807) is 18.5 Å². The molecule has 0 saturated carbocycles. The molecule has 0 saturated heterocycles. The molecule has 3 heterocycles. The SMILES string of the molecule is CN(C)S(=O)(=O)c1cc(-c2ccc3nccc(-c4ccc(S(C)=O)cc4)c3n2)cnc1N. The van der Waals surface area contributed by atoms with E-state index in [2.05, 4.69) is 9.97 Å². The van der Waals surface area contributed by atoms with Crippen molar-refractivity contribution in [3.05, 3.63) is 60.9 Å². The number of nitrogens with zero attached hydrogens (tertiary/aromatic N) is 4. The van der Waals surface area contributed by atoms with E-state index in [0.29, 0.717) is 22.3 Å². The van der Waals surface area contributed by atoms with E-state index >= 15 is 0 Å². The number of nitrogen functional groups attached to an aromatic ring is 1. The monoisotopic (exact) mass is 467 g/mol. The van der Waals surface area contributed by atoms with Gasteiger partial charge >= 0.3 is 0 Å². The molecule has 1 unspecified atom stereocenters. The molecule has 0 aliphatic carbocycles. The lowest BCUT2D eigenvalue weighted by Crippen LogP contribution is -2.23. The van der Waals surface area contributed by atoms with Crippen molar-refractivity contribution >= 4 is 37.7 Å². The lowest BCUT2D eigenvalue weighted by Gasteiger charge is -2.14. The van der Waals surface area contributed by atoms with Gasteiger partial charge in [0, 0.05) is 59.6 Å². The average molecular weight is 468 g/mol. The maximum atomic E-state index is 12.6. The summed E-state index contributed by atoms with van der Waals surface area (Å²) in [5, 5.41) is 0. The minimum atomic E-state index is -3.76. The average Bonchev–Trinajstić information content (AvgIpc) is 2.78. The number of hydrogen-bond acceptors (Lipinski definition) is 7. The first-order valence-corrected chi connectivity index (χ1v) is 12.6. The fourth-order valence-electron chi connectivity index (χ4n) is 3.24. The highest BCUT2D eigenvalue weighted by molar-refractivity contribution is 7.89. The van der Waals surface area contributed by atoms with Gasteiger partial charge in [-0.1, -0.05) is 12.1 Å². The topological polar surface area (TPSA) is 119 Å². The first-order valence-electron chi connectivity index (χ1n) is 9.56. The Morgan fingerprint density at radius 3 is 2.34 bits per heavy atom. The van der Waals surface area contributed by atoms with E-state index in [-0.39, 0.29) is 10.7 Å². The molecule has 10 heteroatoms. The van der Waals surface area contributed by atoms with E-state index < -0.39 is 20.8 Å². The van der Waals surface area contributed by atoms with Crippen molar-refractivity contribution in [2.75, 3.05) is 26.1 Å². The summed E-state index contributed by atoms with van der Waals surface area (Å²) in [7, 11) is -1.95. The van der Waals surface area contributed by atoms with Crippen molar-refractivity contribution in [1.82, 2.24) is 19.3 Å². The zero-order chi connectivity index (χ0) is 23.0. The van der Waals surface area contributed by atoms with E-state index in [4.69, 9.17) is 10.7 Å². The van der Waals surface area contributed by atoms with Crippen LogP contribution >= 0.6 is 0 Å². The quantitative estimate of drug-likeness (QED) is 0.479. The predicted octanol–water partition coefficient (Wildman–Crippen LogP) is 2.93. The van der Waals surface area contributed by atoms with Gasteiger partial charge in [-0.25, -0.2) is 22.7 Å². The van der Waals surface area contributed by atoms with Gasteiger partial charge in [-0.15, -0.1) is 0 Å². The van der Waals surface area contributed by atoms with Gasteiger partial charge in [-0.05, 0) is 42.0 Å². The lowest BCUT2D eigenvalue weighted by atomic mass is 10.0. The Labute approximate surface area is 188 Å². The van der Waals surface area contributed by atoms with Crippen LogP contribution in [0.5, 0.6) is 0 Å². The Hall–Kier alpha value is -3.21. The molecule has 3 aromatic heterocycles. The van der Waals surface area contributed by atoms with Crippen LogP contribution in [0.3, 0.4) is 0 Å². The molecule has 0 aliphatic heterocycles. The lowest BCUT2D eigenvalue weighted by molar-refractivity contribution is 0.521. The fraction of sp³-hybridized carbons (Fsp3) is 0.136. The number of anilines is 1. The standard InChI is InChI=1S/C22H21N5O3S2/c1-27(2)32(29,30)20-12-15(13-25-22(20)23)18-8-9-19-21(26-18)17(10-11-24-19)14-4-6-16(7-5-14)31(3)28/h4-13H,1-3H3,(H2,23,25). The second kappa shape index (κ2) is 8.38. The number of fused-ring (bicyclic) bond motifs is 1. The molecule has 0 aliphatic rings. The number of pyridine rings is 3. The van der Waals surface area contributed by atoms with Gasteiger partial charge in [0.2, 0.25) is 10.0 Å². The second-order valence-electron chi connectivity index (χ2n) is 7.30. The molecule has 0 radical (unpaired) electrons. The number of aromatic nitrogens is 3. The van der Waals surface area contributed by atoms with E-state index in [1.165, 1.54) is 26.4 Å². The van der Waals surface area contributed by atoms with Crippen molar-refractivity contribution < 1.29 is 12.6 Å². The molecular weight excluding hydrogens is 446 g/mol. The fourth-order valence-corrected chi connectivity index (χ4v) is 4.75. The molecule has 164 valence electrons. The third-order valence-electron chi connectivity index (χ3n) is 5.02. The zero-order valence-corrected chi connectivity index (χ0v) is 19.3. The van der Waals surface area contributed by atoms with Gasteiger partial charge in [0.05, 0.1) is 16.7 Å². The molecule has 8 nitrogen and oxygen atoms in total. The van der Waals surface area contributed by atoms with Crippen LogP contribution in [0.1, 0.15) is 0 Å². The number of sulfonamides is 1. The Balaban J connectivity index is 1.86. The summed E-state index contributed by atoms with van der Waals surface area (Å²) in [6.45, 7) is 0. The molecule has 2 N–H and O–H groups in total. The van der Waals surface area contributed by atoms with E-state index in [9.17, 15) is 12.6 Å². The molecule has 1 aromatic carbocycles. The van der Waals surface area contributed by atoms with Gasteiger partial charge in [0.15, 0.2) is 0 Å². The molecule has 0 bridgehead atoms. The third kappa shape index (κ3) is 3.99. The summed E-state index contributed by atoms with van der Waals surface area (Å²) >= 11 is 0. The van der Waals surface area contributed by atoms with Crippen molar-refractivity contribution in [2.45, 2.75) is 9.79 Å². The van der Waals surface area contributed by atoms with Gasteiger partial charge in [-0.3, -0.25) is 9.19 Å². The van der Waals surface area contributed by atoms with Crippen molar-refractivity contribution in [3.63, 3.8) is 0 Å². The highest BCUT2D eigenvalue weighted by Gasteiger charge is 2.22. The molecule has 32 heavy (non-hydrogen) atoms. The number of nitrogens with two attached hydrogens (primary N) is 1. The summed E-state index contributed by atoms with van der Waals surface area (Å²) < 4.78 is 38.0. The third-order valence-corrected chi connectivity index (χ3v) is 7.80. The number of rotatable bonds is 5.